The van der Waals surface area contributed by atoms with Crippen molar-refractivity contribution in [3.05, 3.63) is 21.9 Å². The number of thiophene rings is 1. The molecule has 1 aromatic rings. The molecule has 0 amide bonds. The molecule has 0 bridgehead atoms. The minimum absolute atomic E-state index is 0.298. The Kier molecular flexibility index (Phi) is 3.10. The van der Waals surface area contributed by atoms with E-state index in [1.807, 2.05) is 11.3 Å². The Hall–Kier alpha value is -0.300. The summed E-state index contributed by atoms with van der Waals surface area (Å²) in [5.41, 5.74) is 0.640. The van der Waals surface area contributed by atoms with Crippen LogP contribution in [0.15, 0.2) is 12.1 Å². The second-order valence-electron chi connectivity index (χ2n) is 5.65. The Bertz CT molecular complexity index is 299. The van der Waals surface area contributed by atoms with Gasteiger partial charge in [-0.1, -0.05) is 41.5 Å². The van der Waals surface area contributed by atoms with Gasteiger partial charge in [0.2, 0.25) is 0 Å². The van der Waals surface area contributed by atoms with E-state index in [4.69, 9.17) is 0 Å². The molecule has 0 fully saturated rings. The molecule has 1 heteroatoms. The smallest absolute Gasteiger partial charge is 0.0105 e. The third-order valence-corrected chi connectivity index (χ3v) is 4.77. The van der Waals surface area contributed by atoms with Gasteiger partial charge in [0.25, 0.3) is 0 Å². The lowest BCUT2D eigenvalue weighted by atomic mass is 9.88. The Morgan fingerprint density at radius 3 is 1.86 bits per heavy atom. The third kappa shape index (κ3) is 2.38. The van der Waals surface area contributed by atoms with Crippen LogP contribution in [-0.4, -0.2) is 0 Å². The van der Waals surface area contributed by atoms with E-state index >= 15 is 0 Å². The highest BCUT2D eigenvalue weighted by Gasteiger charge is 2.23. The summed E-state index contributed by atoms with van der Waals surface area (Å²) in [4.78, 5) is 3.01. The van der Waals surface area contributed by atoms with Gasteiger partial charge < -0.3 is 0 Å². The molecule has 0 atom stereocenters. The first-order valence-corrected chi connectivity index (χ1v) is 6.20. The normalized spacial score (nSPS) is 13.3. The summed E-state index contributed by atoms with van der Waals surface area (Å²) >= 11 is 1.97. The average Bonchev–Trinajstić information content (AvgIpc) is 2.51. The molecule has 0 radical (unpaired) electrons. The average molecular weight is 210 g/mol. The highest BCUT2D eigenvalue weighted by molar-refractivity contribution is 7.12. The van der Waals surface area contributed by atoms with Crippen LogP contribution in [0.5, 0.6) is 0 Å². The van der Waals surface area contributed by atoms with Crippen molar-refractivity contribution in [2.45, 2.75) is 58.8 Å². The summed E-state index contributed by atoms with van der Waals surface area (Å²) in [5.74, 6) is 0. The van der Waals surface area contributed by atoms with Crippen LogP contribution in [0.2, 0.25) is 0 Å². The van der Waals surface area contributed by atoms with Gasteiger partial charge in [0.1, 0.15) is 0 Å². The molecular weight excluding hydrogens is 188 g/mol. The molecule has 0 unspecified atom stereocenters. The lowest BCUT2D eigenvalue weighted by Crippen LogP contribution is -2.13. The highest BCUT2D eigenvalue weighted by Crippen LogP contribution is 2.37. The number of hydrogen-bond donors (Lipinski definition) is 0. The van der Waals surface area contributed by atoms with Gasteiger partial charge in [0, 0.05) is 9.75 Å². The molecule has 0 aliphatic rings. The van der Waals surface area contributed by atoms with E-state index < -0.39 is 0 Å². The van der Waals surface area contributed by atoms with Crippen molar-refractivity contribution in [2.24, 2.45) is 0 Å². The van der Waals surface area contributed by atoms with Gasteiger partial charge in [-0.05, 0) is 29.4 Å². The van der Waals surface area contributed by atoms with Crippen LogP contribution in [0.25, 0.3) is 0 Å². The largest absolute Gasteiger partial charge is 0.144 e. The second kappa shape index (κ2) is 3.69. The molecule has 1 aromatic heterocycles. The van der Waals surface area contributed by atoms with Gasteiger partial charge in [-0.15, -0.1) is 11.3 Å². The van der Waals surface area contributed by atoms with Crippen molar-refractivity contribution < 1.29 is 0 Å². The molecule has 0 spiro atoms. The molecule has 1 rings (SSSR count). The second-order valence-corrected chi connectivity index (χ2v) is 6.74. The topological polar surface area (TPSA) is 0 Å². The summed E-state index contributed by atoms with van der Waals surface area (Å²) in [7, 11) is 0. The fraction of sp³-hybridized carbons (Fsp3) is 0.692. The fourth-order valence-electron chi connectivity index (χ4n) is 1.28. The molecule has 80 valence electrons. The van der Waals surface area contributed by atoms with Gasteiger partial charge in [-0.2, -0.15) is 0 Å². The van der Waals surface area contributed by atoms with Crippen LogP contribution in [0.4, 0.5) is 0 Å². The zero-order valence-corrected chi connectivity index (χ0v) is 11.1. The molecule has 14 heavy (non-hydrogen) atoms. The highest BCUT2D eigenvalue weighted by atomic mass is 32.1. The van der Waals surface area contributed by atoms with Crippen LogP contribution in [-0.2, 0) is 10.8 Å². The maximum Gasteiger partial charge on any atom is 0.0105 e. The number of hydrogen-bond acceptors (Lipinski definition) is 1. The van der Waals surface area contributed by atoms with Crippen LogP contribution in [0.1, 0.15) is 57.7 Å². The van der Waals surface area contributed by atoms with E-state index in [-0.39, 0.29) is 0 Å². The summed E-state index contributed by atoms with van der Waals surface area (Å²) in [6, 6.07) is 4.59. The van der Waals surface area contributed by atoms with E-state index in [1.54, 1.807) is 0 Å². The Morgan fingerprint density at radius 2 is 1.50 bits per heavy atom. The van der Waals surface area contributed by atoms with Crippen molar-refractivity contribution in [2.75, 3.05) is 0 Å². The standard InChI is InChI=1S/C13H22S/c1-7-13(5,6)11-9-8-10(14-11)12(2,3)4/h8-9H,7H2,1-6H3. The molecule has 0 aliphatic heterocycles. The summed E-state index contributed by atoms with van der Waals surface area (Å²) in [6.45, 7) is 13.7. The quantitative estimate of drug-likeness (QED) is 0.662. The van der Waals surface area contributed by atoms with Crippen LogP contribution >= 0.6 is 11.3 Å². The zero-order chi connectivity index (χ0) is 11.0. The molecule has 0 aliphatic carbocycles. The van der Waals surface area contributed by atoms with Gasteiger partial charge in [0.05, 0.1) is 0 Å². The molecule has 0 nitrogen and oxygen atoms in total. The Balaban J connectivity index is 3.00. The monoisotopic (exact) mass is 210 g/mol. The van der Waals surface area contributed by atoms with Gasteiger partial charge in [-0.25, -0.2) is 0 Å². The molecule has 0 aromatic carbocycles. The SMILES string of the molecule is CCC(C)(C)c1ccc(C(C)(C)C)s1. The number of rotatable bonds is 2. The van der Waals surface area contributed by atoms with Crippen molar-refractivity contribution >= 4 is 11.3 Å². The zero-order valence-electron chi connectivity index (χ0n) is 10.3. The maximum atomic E-state index is 2.32. The summed E-state index contributed by atoms with van der Waals surface area (Å²) in [5, 5.41) is 0. The minimum Gasteiger partial charge on any atom is -0.144 e. The predicted molar refractivity (Wildman–Crippen MR) is 66.3 cm³/mol. The Labute approximate surface area is 92.4 Å². The minimum atomic E-state index is 0.298. The Morgan fingerprint density at radius 1 is 1.00 bits per heavy atom. The molecule has 0 N–H and O–H groups in total. The fourth-order valence-corrected chi connectivity index (χ4v) is 2.51. The van der Waals surface area contributed by atoms with E-state index in [0.717, 1.165) is 0 Å². The van der Waals surface area contributed by atoms with E-state index in [9.17, 15) is 0 Å². The van der Waals surface area contributed by atoms with Crippen molar-refractivity contribution in [1.82, 2.24) is 0 Å². The van der Waals surface area contributed by atoms with E-state index in [0.29, 0.717) is 10.8 Å². The van der Waals surface area contributed by atoms with E-state index in [1.165, 1.54) is 16.2 Å². The maximum absolute atomic E-state index is 2.32. The van der Waals surface area contributed by atoms with Crippen molar-refractivity contribution in [1.29, 1.82) is 0 Å². The molecule has 0 saturated carbocycles. The van der Waals surface area contributed by atoms with Crippen LogP contribution in [0.3, 0.4) is 0 Å². The lowest BCUT2D eigenvalue weighted by Gasteiger charge is -2.21. The lowest BCUT2D eigenvalue weighted by molar-refractivity contribution is 0.517. The van der Waals surface area contributed by atoms with Crippen LogP contribution in [0, 0.1) is 0 Å². The van der Waals surface area contributed by atoms with Gasteiger partial charge >= 0.3 is 0 Å². The summed E-state index contributed by atoms with van der Waals surface area (Å²) in [6.07, 6.45) is 1.21. The van der Waals surface area contributed by atoms with Crippen LogP contribution < -0.4 is 0 Å². The first-order valence-electron chi connectivity index (χ1n) is 5.38. The predicted octanol–water partition coefficient (Wildman–Crippen LogP) is 4.73. The first-order chi connectivity index (χ1) is 6.27. The molecular formula is C13H22S. The third-order valence-electron chi connectivity index (χ3n) is 2.90. The molecule has 1 heterocycles. The molecule has 0 saturated heterocycles. The van der Waals surface area contributed by atoms with E-state index in [2.05, 4.69) is 53.7 Å². The van der Waals surface area contributed by atoms with Crippen molar-refractivity contribution in [3.8, 4) is 0 Å². The first kappa shape index (κ1) is 11.8. The van der Waals surface area contributed by atoms with Gasteiger partial charge in [0.15, 0.2) is 0 Å². The van der Waals surface area contributed by atoms with Crippen molar-refractivity contribution in [3.63, 3.8) is 0 Å². The van der Waals surface area contributed by atoms with Gasteiger partial charge in [-0.3, -0.25) is 0 Å². The summed E-state index contributed by atoms with van der Waals surface area (Å²) < 4.78 is 0.